The maximum Gasteiger partial charge on any atom is 0.338 e. The van der Waals surface area contributed by atoms with Gasteiger partial charge in [0.15, 0.2) is 6.10 Å². The van der Waals surface area contributed by atoms with Crippen LogP contribution in [0.3, 0.4) is 0 Å². The Balaban J connectivity index is 1.70. The van der Waals surface area contributed by atoms with Crippen molar-refractivity contribution in [3.8, 4) is 0 Å². The minimum Gasteiger partial charge on any atom is -0.459 e. The van der Waals surface area contributed by atoms with E-state index in [1.54, 1.807) is 48.5 Å². The minimum atomic E-state index is -1.94. The first-order valence-corrected chi connectivity index (χ1v) is 8.90. The Morgan fingerprint density at radius 2 is 1.45 bits per heavy atom. The quantitative estimate of drug-likeness (QED) is 0.542. The van der Waals surface area contributed by atoms with Crippen LogP contribution < -0.4 is 0 Å². The van der Waals surface area contributed by atoms with Gasteiger partial charge >= 0.3 is 17.9 Å². The molecule has 0 spiro atoms. The number of halogens is 1. The normalized spacial score (nSPS) is 23.2. The second kappa shape index (κ2) is 9.29. The number of alkyl halides is 1. The number of rotatable bonds is 6. The van der Waals surface area contributed by atoms with Crippen LogP contribution in [0.2, 0.25) is 0 Å². The van der Waals surface area contributed by atoms with Gasteiger partial charge < -0.3 is 18.9 Å². The Morgan fingerprint density at radius 1 is 0.897 bits per heavy atom. The van der Waals surface area contributed by atoms with Crippen molar-refractivity contribution in [2.45, 2.75) is 31.6 Å². The van der Waals surface area contributed by atoms with E-state index < -0.39 is 49.2 Å². The third kappa shape index (κ3) is 5.17. The number of carbonyl (C=O) groups is 3. The fourth-order valence-electron chi connectivity index (χ4n) is 2.80. The molecule has 3 rings (SSSR count). The molecular formula is C21H19FO7. The lowest BCUT2D eigenvalue weighted by molar-refractivity contribution is -0.182. The van der Waals surface area contributed by atoms with Crippen LogP contribution in [0.5, 0.6) is 0 Å². The summed E-state index contributed by atoms with van der Waals surface area (Å²) in [5, 5.41) is 0. The van der Waals surface area contributed by atoms with Crippen LogP contribution in [0.25, 0.3) is 0 Å². The van der Waals surface area contributed by atoms with Crippen molar-refractivity contribution < 1.29 is 37.7 Å². The highest BCUT2D eigenvalue weighted by Gasteiger charge is 2.50. The zero-order chi connectivity index (χ0) is 20.8. The lowest BCUT2D eigenvalue weighted by atomic mass is 10.1. The summed E-state index contributed by atoms with van der Waals surface area (Å²) in [6, 6.07) is 16.2. The summed E-state index contributed by atoms with van der Waals surface area (Å²) < 4.78 is 35.3. The number of hydrogen-bond acceptors (Lipinski definition) is 7. The Bertz CT molecular complexity index is 856. The Hall–Kier alpha value is -3.26. The zero-order valence-corrected chi connectivity index (χ0v) is 15.5. The van der Waals surface area contributed by atoms with E-state index in [9.17, 15) is 18.8 Å². The Labute approximate surface area is 166 Å². The minimum absolute atomic E-state index is 0.218. The molecule has 0 radical (unpaired) electrons. The summed E-state index contributed by atoms with van der Waals surface area (Å²) >= 11 is 0. The average Bonchev–Trinajstić information content (AvgIpc) is 3.01. The van der Waals surface area contributed by atoms with Gasteiger partial charge in [-0.25, -0.2) is 14.0 Å². The van der Waals surface area contributed by atoms with Gasteiger partial charge in [0.1, 0.15) is 12.7 Å². The highest BCUT2D eigenvalue weighted by molar-refractivity contribution is 5.90. The second-order valence-corrected chi connectivity index (χ2v) is 6.30. The third-order valence-electron chi connectivity index (χ3n) is 4.17. The molecule has 2 aromatic rings. The van der Waals surface area contributed by atoms with Crippen molar-refractivity contribution in [1.82, 2.24) is 0 Å². The van der Waals surface area contributed by atoms with E-state index in [-0.39, 0.29) is 5.56 Å². The maximum atomic E-state index is 14.8. The molecule has 2 aromatic carbocycles. The first-order chi connectivity index (χ1) is 14.0. The van der Waals surface area contributed by atoms with Crippen LogP contribution in [-0.2, 0) is 23.7 Å². The smallest absolute Gasteiger partial charge is 0.338 e. The standard InChI is InChI=1S/C21H19FO7/c1-13(23)27-21-17(22)18(29-20(25)15-10-6-3-7-11-15)16(28-21)12-26-19(24)14-8-4-2-5-9-14/h2-11,16-18,21H,12H2,1H3/t16-,17+,18-,21?/m1/s1. The van der Waals surface area contributed by atoms with Crippen LogP contribution in [0.1, 0.15) is 27.6 Å². The molecule has 4 atom stereocenters. The predicted octanol–water partition coefficient (Wildman–Crippen LogP) is 2.70. The number of ether oxygens (including phenoxy) is 4. The summed E-state index contributed by atoms with van der Waals surface area (Å²) in [6.45, 7) is 0.711. The van der Waals surface area contributed by atoms with Gasteiger partial charge in [-0.3, -0.25) is 4.79 Å². The van der Waals surface area contributed by atoms with Crippen LogP contribution in [0.15, 0.2) is 60.7 Å². The largest absolute Gasteiger partial charge is 0.459 e. The van der Waals surface area contributed by atoms with Gasteiger partial charge in [-0.1, -0.05) is 36.4 Å². The summed E-state index contributed by atoms with van der Waals surface area (Å²) in [5.41, 5.74) is 0.521. The van der Waals surface area contributed by atoms with Gasteiger partial charge in [-0.15, -0.1) is 0 Å². The van der Waals surface area contributed by atoms with Crippen LogP contribution in [0, 0.1) is 0 Å². The van der Waals surface area contributed by atoms with E-state index in [1.165, 1.54) is 12.1 Å². The molecule has 0 aromatic heterocycles. The SMILES string of the molecule is CC(=O)OC1O[C@H](COC(=O)c2ccccc2)[C@@H](OC(=O)c2ccccc2)[C@@H]1F. The molecule has 1 aliphatic heterocycles. The number of esters is 3. The summed E-state index contributed by atoms with van der Waals surface area (Å²) in [7, 11) is 0. The molecule has 1 aliphatic rings. The third-order valence-corrected chi connectivity index (χ3v) is 4.17. The van der Waals surface area contributed by atoms with Gasteiger partial charge in [0.25, 0.3) is 0 Å². The molecule has 1 unspecified atom stereocenters. The molecule has 0 saturated carbocycles. The first-order valence-electron chi connectivity index (χ1n) is 8.90. The highest BCUT2D eigenvalue weighted by atomic mass is 19.1. The molecule has 152 valence electrons. The van der Waals surface area contributed by atoms with Crippen LogP contribution in [-0.4, -0.2) is 49.2 Å². The van der Waals surface area contributed by atoms with Crippen molar-refractivity contribution in [2.75, 3.05) is 6.61 Å². The number of benzene rings is 2. The molecule has 7 nitrogen and oxygen atoms in total. The van der Waals surface area contributed by atoms with Crippen molar-refractivity contribution in [3.63, 3.8) is 0 Å². The Kier molecular flexibility index (Phi) is 6.56. The summed E-state index contributed by atoms with van der Waals surface area (Å²) in [6.07, 6.45) is -6.07. The lowest BCUT2D eigenvalue weighted by Crippen LogP contribution is -2.37. The topological polar surface area (TPSA) is 88.1 Å². The maximum absolute atomic E-state index is 14.8. The number of carbonyl (C=O) groups excluding carboxylic acids is 3. The molecule has 0 bridgehead atoms. The lowest BCUT2D eigenvalue weighted by Gasteiger charge is -2.19. The van der Waals surface area contributed by atoms with E-state index in [4.69, 9.17) is 18.9 Å². The average molecular weight is 402 g/mol. The molecule has 1 heterocycles. The van der Waals surface area contributed by atoms with Gasteiger partial charge in [0, 0.05) is 6.92 Å². The molecule has 29 heavy (non-hydrogen) atoms. The molecule has 0 amide bonds. The molecule has 8 heteroatoms. The van der Waals surface area contributed by atoms with Crippen LogP contribution in [0.4, 0.5) is 4.39 Å². The van der Waals surface area contributed by atoms with Gasteiger partial charge in [0.2, 0.25) is 12.5 Å². The van der Waals surface area contributed by atoms with Gasteiger partial charge in [-0.2, -0.15) is 0 Å². The van der Waals surface area contributed by atoms with E-state index in [0.29, 0.717) is 5.56 Å². The first kappa shape index (κ1) is 20.5. The highest BCUT2D eigenvalue weighted by Crippen LogP contribution is 2.29. The summed E-state index contributed by atoms with van der Waals surface area (Å²) in [5.74, 6) is -2.17. The summed E-state index contributed by atoms with van der Waals surface area (Å²) in [4.78, 5) is 35.6. The molecule has 0 N–H and O–H groups in total. The molecule has 1 fully saturated rings. The van der Waals surface area contributed by atoms with E-state index in [1.807, 2.05) is 0 Å². The fraction of sp³-hybridized carbons (Fsp3) is 0.286. The van der Waals surface area contributed by atoms with E-state index >= 15 is 0 Å². The van der Waals surface area contributed by atoms with Gasteiger partial charge in [-0.05, 0) is 24.3 Å². The monoisotopic (exact) mass is 402 g/mol. The Morgan fingerprint density at radius 3 is 2.00 bits per heavy atom. The predicted molar refractivity (Wildman–Crippen MR) is 97.7 cm³/mol. The van der Waals surface area contributed by atoms with Crippen molar-refractivity contribution in [3.05, 3.63) is 71.8 Å². The van der Waals surface area contributed by atoms with Crippen molar-refractivity contribution in [1.29, 1.82) is 0 Å². The zero-order valence-electron chi connectivity index (χ0n) is 15.5. The second-order valence-electron chi connectivity index (χ2n) is 6.30. The van der Waals surface area contributed by atoms with E-state index in [0.717, 1.165) is 6.92 Å². The number of hydrogen-bond donors (Lipinski definition) is 0. The van der Waals surface area contributed by atoms with E-state index in [2.05, 4.69) is 0 Å². The van der Waals surface area contributed by atoms with Crippen molar-refractivity contribution in [2.24, 2.45) is 0 Å². The molecular weight excluding hydrogens is 383 g/mol. The van der Waals surface area contributed by atoms with Crippen LogP contribution >= 0.6 is 0 Å². The molecule has 1 saturated heterocycles. The molecule has 0 aliphatic carbocycles. The van der Waals surface area contributed by atoms with Crippen molar-refractivity contribution >= 4 is 17.9 Å². The fourth-order valence-corrected chi connectivity index (χ4v) is 2.80. The van der Waals surface area contributed by atoms with Gasteiger partial charge in [0.05, 0.1) is 11.1 Å².